The zero-order valence-corrected chi connectivity index (χ0v) is 19.6. The van der Waals surface area contributed by atoms with E-state index in [0.29, 0.717) is 0 Å². The van der Waals surface area contributed by atoms with Crippen LogP contribution in [0.25, 0.3) is 5.69 Å². The number of H-pyrrole nitrogens is 1. The number of halogens is 5. The number of carbonyl (C=O) groups excluding carboxylic acids is 1. The Bertz CT molecular complexity index is 1600. The van der Waals surface area contributed by atoms with E-state index in [0.717, 1.165) is 35.1 Å². The van der Waals surface area contributed by atoms with Crippen molar-refractivity contribution in [1.29, 1.82) is 0 Å². The SMILES string of the molecule is O=C(Nc1cc(Oc2c(Cl)cc(-n3ncc(=O)[nH]c3=O)cc2Cl)ccc1O)c1ccc(C(F)(F)F)cc1. The molecular formula is C23H13Cl2F3N4O5. The number of nitrogens with zero attached hydrogens (tertiary/aromatic N) is 2. The van der Waals surface area contributed by atoms with Gasteiger partial charge in [0.25, 0.3) is 11.5 Å². The van der Waals surface area contributed by atoms with Gasteiger partial charge in [-0.05, 0) is 48.5 Å². The van der Waals surface area contributed by atoms with E-state index in [2.05, 4.69) is 10.4 Å². The van der Waals surface area contributed by atoms with E-state index < -0.39 is 28.9 Å². The quantitative estimate of drug-likeness (QED) is 0.299. The molecule has 0 saturated heterocycles. The van der Waals surface area contributed by atoms with Crippen molar-refractivity contribution >= 4 is 34.8 Å². The van der Waals surface area contributed by atoms with Crippen molar-refractivity contribution in [3.05, 3.63) is 103 Å². The van der Waals surface area contributed by atoms with Gasteiger partial charge >= 0.3 is 11.9 Å². The molecule has 0 atom stereocenters. The van der Waals surface area contributed by atoms with Crippen LogP contribution in [0.3, 0.4) is 0 Å². The summed E-state index contributed by atoms with van der Waals surface area (Å²) in [6.07, 6.45) is -3.66. The minimum Gasteiger partial charge on any atom is -0.506 e. The second-order valence-electron chi connectivity index (χ2n) is 7.40. The minimum atomic E-state index is -4.55. The summed E-state index contributed by atoms with van der Waals surface area (Å²) in [5.41, 5.74) is -2.46. The summed E-state index contributed by atoms with van der Waals surface area (Å²) in [6.45, 7) is 0. The molecule has 0 aliphatic carbocycles. The molecule has 0 bridgehead atoms. The number of amides is 1. The molecule has 0 aliphatic rings. The van der Waals surface area contributed by atoms with Gasteiger partial charge in [-0.2, -0.15) is 23.0 Å². The maximum absolute atomic E-state index is 12.7. The lowest BCUT2D eigenvalue weighted by molar-refractivity contribution is -0.137. The van der Waals surface area contributed by atoms with Gasteiger partial charge < -0.3 is 15.2 Å². The first-order valence-electron chi connectivity index (χ1n) is 10.1. The number of aromatic hydroxyl groups is 1. The van der Waals surface area contributed by atoms with Gasteiger partial charge in [-0.25, -0.2) is 4.79 Å². The molecule has 0 radical (unpaired) electrons. The van der Waals surface area contributed by atoms with Crippen LogP contribution in [0.4, 0.5) is 18.9 Å². The van der Waals surface area contributed by atoms with Crippen LogP contribution >= 0.6 is 23.2 Å². The van der Waals surface area contributed by atoms with Crippen LogP contribution < -0.4 is 21.3 Å². The van der Waals surface area contributed by atoms with Gasteiger partial charge in [0, 0.05) is 11.6 Å². The molecule has 9 nitrogen and oxygen atoms in total. The third kappa shape index (κ3) is 5.76. The molecule has 3 N–H and O–H groups in total. The zero-order chi connectivity index (χ0) is 26.9. The van der Waals surface area contributed by atoms with E-state index in [9.17, 15) is 32.7 Å². The number of phenolic OH excluding ortho intramolecular Hbond substituents is 1. The second kappa shape index (κ2) is 9.99. The lowest BCUT2D eigenvalue weighted by atomic mass is 10.1. The van der Waals surface area contributed by atoms with E-state index in [1.807, 2.05) is 4.98 Å². The van der Waals surface area contributed by atoms with Crippen molar-refractivity contribution in [2.75, 3.05) is 5.32 Å². The van der Waals surface area contributed by atoms with Crippen LogP contribution in [0, 0.1) is 0 Å². The first-order chi connectivity index (χ1) is 17.4. The number of ether oxygens (including phenoxy) is 1. The Kier molecular flexibility index (Phi) is 6.96. The Morgan fingerprint density at radius 2 is 1.68 bits per heavy atom. The number of aromatic nitrogens is 3. The highest BCUT2D eigenvalue weighted by molar-refractivity contribution is 6.37. The average molecular weight is 553 g/mol. The Labute approximate surface area is 214 Å². The summed E-state index contributed by atoms with van der Waals surface area (Å²) in [5.74, 6) is -1.07. The Morgan fingerprint density at radius 1 is 1.03 bits per heavy atom. The third-order valence-corrected chi connectivity index (χ3v) is 5.41. The van der Waals surface area contributed by atoms with Gasteiger partial charge in [0.2, 0.25) is 0 Å². The van der Waals surface area contributed by atoms with Gasteiger partial charge in [-0.1, -0.05) is 23.2 Å². The monoisotopic (exact) mass is 552 g/mol. The normalized spacial score (nSPS) is 11.3. The molecule has 1 aromatic heterocycles. The summed E-state index contributed by atoms with van der Waals surface area (Å²) in [7, 11) is 0. The minimum absolute atomic E-state index is 0.0322. The van der Waals surface area contributed by atoms with Crippen molar-refractivity contribution in [3.63, 3.8) is 0 Å². The fourth-order valence-corrected chi connectivity index (χ4v) is 3.66. The van der Waals surface area contributed by atoms with Crippen LogP contribution in [-0.4, -0.2) is 25.8 Å². The molecule has 0 fully saturated rings. The molecule has 1 amide bonds. The topological polar surface area (TPSA) is 126 Å². The zero-order valence-electron chi connectivity index (χ0n) is 18.1. The van der Waals surface area contributed by atoms with Crippen molar-refractivity contribution in [2.24, 2.45) is 0 Å². The fraction of sp³-hybridized carbons (Fsp3) is 0.0435. The number of phenols is 1. The summed E-state index contributed by atoms with van der Waals surface area (Å²) < 4.78 is 44.8. The van der Waals surface area contributed by atoms with E-state index >= 15 is 0 Å². The molecule has 3 aromatic carbocycles. The van der Waals surface area contributed by atoms with Gasteiger partial charge in [-0.3, -0.25) is 14.6 Å². The van der Waals surface area contributed by atoms with E-state index in [4.69, 9.17) is 27.9 Å². The number of carbonyl (C=O) groups is 1. The van der Waals surface area contributed by atoms with Gasteiger partial charge in [-0.15, -0.1) is 0 Å². The highest BCUT2D eigenvalue weighted by Crippen LogP contribution is 2.39. The molecule has 0 unspecified atom stereocenters. The number of hydrogen-bond donors (Lipinski definition) is 3. The number of alkyl halides is 3. The first kappa shape index (κ1) is 25.8. The van der Waals surface area contributed by atoms with Crippen molar-refractivity contribution in [2.45, 2.75) is 6.18 Å². The highest BCUT2D eigenvalue weighted by Gasteiger charge is 2.30. The number of benzene rings is 3. The summed E-state index contributed by atoms with van der Waals surface area (Å²) in [6, 6.07) is 9.93. The molecule has 14 heteroatoms. The van der Waals surface area contributed by atoms with E-state index in [1.54, 1.807) is 0 Å². The lowest BCUT2D eigenvalue weighted by Crippen LogP contribution is -2.30. The van der Waals surface area contributed by atoms with Crippen molar-refractivity contribution in [3.8, 4) is 22.9 Å². The van der Waals surface area contributed by atoms with Gasteiger partial charge in [0.1, 0.15) is 17.7 Å². The van der Waals surface area contributed by atoms with Crippen molar-refractivity contribution in [1.82, 2.24) is 14.8 Å². The van der Waals surface area contributed by atoms with Gasteiger partial charge in [0.05, 0.1) is 27.0 Å². The summed E-state index contributed by atoms with van der Waals surface area (Å²) in [5, 5.41) is 16.2. The van der Waals surface area contributed by atoms with Crippen LogP contribution in [0.1, 0.15) is 15.9 Å². The van der Waals surface area contributed by atoms with Gasteiger partial charge in [0.15, 0.2) is 5.75 Å². The largest absolute Gasteiger partial charge is 0.506 e. The molecule has 4 aromatic rings. The predicted octanol–water partition coefficient (Wildman–Crippen LogP) is 5.00. The average Bonchev–Trinajstić information content (AvgIpc) is 2.82. The van der Waals surface area contributed by atoms with E-state index in [1.165, 1.54) is 30.3 Å². The molecule has 0 aliphatic heterocycles. The first-order valence-corrected chi connectivity index (χ1v) is 10.9. The molecule has 4 rings (SSSR count). The van der Waals surface area contributed by atoms with E-state index in [-0.39, 0.29) is 44.2 Å². The number of aromatic amines is 1. The molecule has 0 saturated carbocycles. The molecule has 37 heavy (non-hydrogen) atoms. The molecule has 1 heterocycles. The number of anilines is 1. The second-order valence-corrected chi connectivity index (χ2v) is 8.21. The van der Waals surface area contributed by atoms with Crippen LogP contribution in [0.2, 0.25) is 10.0 Å². The fourth-order valence-electron chi connectivity index (χ4n) is 3.11. The van der Waals surface area contributed by atoms with Crippen LogP contribution in [0.5, 0.6) is 17.2 Å². The molecular weight excluding hydrogens is 540 g/mol. The Morgan fingerprint density at radius 3 is 2.27 bits per heavy atom. The standard InChI is InChI=1S/C23H13Cl2F3N4O5/c24-15-7-13(32-22(36)31-19(34)10-29-32)8-16(25)20(15)37-14-5-6-18(33)17(9-14)30-21(35)11-1-3-12(4-2-11)23(26,27)28/h1-10,33H,(H,30,35)(H,31,34,36). The maximum Gasteiger partial charge on any atom is 0.416 e. The Hall–Kier alpha value is -4.29. The molecule has 0 spiro atoms. The van der Waals surface area contributed by atoms with Crippen LogP contribution in [-0.2, 0) is 6.18 Å². The summed E-state index contributed by atoms with van der Waals surface area (Å²) in [4.78, 5) is 37.7. The molecule has 190 valence electrons. The number of nitrogens with one attached hydrogen (secondary N) is 2. The summed E-state index contributed by atoms with van der Waals surface area (Å²) >= 11 is 12.5. The third-order valence-electron chi connectivity index (χ3n) is 4.85. The predicted molar refractivity (Wildman–Crippen MR) is 128 cm³/mol. The van der Waals surface area contributed by atoms with Crippen molar-refractivity contribution < 1.29 is 27.8 Å². The van der Waals surface area contributed by atoms with Crippen LogP contribution in [0.15, 0.2) is 70.4 Å². The number of rotatable bonds is 5. The lowest BCUT2D eigenvalue weighted by Gasteiger charge is -2.14. The number of hydrogen-bond acceptors (Lipinski definition) is 6. The maximum atomic E-state index is 12.7. The Balaban J connectivity index is 1.57. The highest BCUT2D eigenvalue weighted by atomic mass is 35.5. The smallest absolute Gasteiger partial charge is 0.416 e.